The Morgan fingerprint density at radius 2 is 2.18 bits per heavy atom. The predicted molar refractivity (Wildman–Crippen MR) is 60.8 cm³/mol. The van der Waals surface area contributed by atoms with Gasteiger partial charge in [-0.2, -0.15) is 0 Å². The van der Waals surface area contributed by atoms with Crippen molar-refractivity contribution in [1.29, 1.82) is 0 Å². The maximum absolute atomic E-state index is 11.9. The molecule has 1 rings (SSSR count). The molecule has 1 aliphatic rings. The summed E-state index contributed by atoms with van der Waals surface area (Å²) in [6, 6.07) is -1.22. The van der Waals surface area contributed by atoms with Crippen LogP contribution in [0.3, 0.4) is 0 Å². The lowest BCUT2D eigenvalue weighted by Gasteiger charge is -2.31. The number of carbonyl (C=O) groups is 2. The molecular formula is C10H17NO5S. The van der Waals surface area contributed by atoms with Gasteiger partial charge in [0.2, 0.25) is 15.9 Å². The third-order valence-corrected chi connectivity index (χ3v) is 4.60. The van der Waals surface area contributed by atoms with Crippen molar-refractivity contribution in [2.24, 2.45) is 0 Å². The molecule has 1 N–H and O–H groups in total. The Kier molecular flexibility index (Phi) is 4.50. The van der Waals surface area contributed by atoms with E-state index in [1.807, 2.05) is 6.92 Å². The smallest absolute Gasteiger partial charge is 0.327 e. The first-order valence-corrected chi connectivity index (χ1v) is 7.28. The van der Waals surface area contributed by atoms with Gasteiger partial charge >= 0.3 is 5.97 Å². The zero-order chi connectivity index (χ0) is 13.1. The highest BCUT2D eigenvalue weighted by atomic mass is 32.2. The number of carbonyl (C=O) groups excluding carboxylic acids is 1. The SMILES string of the molecule is CCCCS(=O)(=O)N1C(=O)CCCC1C(=O)O. The van der Waals surface area contributed by atoms with Crippen LogP contribution >= 0.6 is 0 Å². The average Bonchev–Trinajstić information content (AvgIpc) is 2.25. The minimum absolute atomic E-state index is 0.106. The summed E-state index contributed by atoms with van der Waals surface area (Å²) in [5, 5.41) is 8.96. The van der Waals surface area contributed by atoms with Crippen LogP contribution in [0.1, 0.15) is 39.0 Å². The van der Waals surface area contributed by atoms with Crippen LogP contribution in [0.5, 0.6) is 0 Å². The molecule has 6 nitrogen and oxygen atoms in total. The van der Waals surface area contributed by atoms with E-state index >= 15 is 0 Å². The Labute approximate surface area is 101 Å². The van der Waals surface area contributed by atoms with Gasteiger partial charge in [0.05, 0.1) is 5.75 Å². The topological polar surface area (TPSA) is 91.8 Å². The highest BCUT2D eigenvalue weighted by molar-refractivity contribution is 7.89. The van der Waals surface area contributed by atoms with Crippen LogP contribution in [0.4, 0.5) is 0 Å². The van der Waals surface area contributed by atoms with E-state index in [-0.39, 0.29) is 18.6 Å². The first-order valence-electron chi connectivity index (χ1n) is 5.68. The molecule has 0 spiro atoms. The first-order chi connectivity index (χ1) is 7.90. The van der Waals surface area contributed by atoms with Crippen LogP contribution in [0.15, 0.2) is 0 Å². The summed E-state index contributed by atoms with van der Waals surface area (Å²) >= 11 is 0. The van der Waals surface area contributed by atoms with Crippen LogP contribution < -0.4 is 0 Å². The molecule has 1 fully saturated rings. The summed E-state index contributed by atoms with van der Waals surface area (Å²) in [6.07, 6.45) is 1.84. The van der Waals surface area contributed by atoms with Crippen molar-refractivity contribution in [3.63, 3.8) is 0 Å². The Bertz CT molecular complexity index is 403. The highest BCUT2D eigenvalue weighted by Crippen LogP contribution is 2.22. The fourth-order valence-electron chi connectivity index (χ4n) is 1.85. The van der Waals surface area contributed by atoms with E-state index in [9.17, 15) is 18.0 Å². The molecule has 0 bridgehead atoms. The Morgan fingerprint density at radius 1 is 1.53 bits per heavy atom. The summed E-state index contributed by atoms with van der Waals surface area (Å²) in [5.74, 6) is -2.02. The summed E-state index contributed by atoms with van der Waals surface area (Å²) in [5.41, 5.74) is 0. The third-order valence-electron chi connectivity index (χ3n) is 2.74. The second kappa shape index (κ2) is 5.48. The molecule has 0 radical (unpaired) electrons. The Morgan fingerprint density at radius 3 is 2.71 bits per heavy atom. The number of rotatable bonds is 5. The number of carboxylic acid groups (broad SMARTS) is 1. The van der Waals surface area contributed by atoms with Crippen molar-refractivity contribution in [3.8, 4) is 0 Å². The molecule has 0 saturated carbocycles. The predicted octanol–water partition coefficient (Wildman–Crippen LogP) is 0.582. The van der Waals surface area contributed by atoms with E-state index in [0.717, 1.165) is 0 Å². The number of hydrogen-bond donors (Lipinski definition) is 1. The van der Waals surface area contributed by atoms with Crippen molar-refractivity contribution < 1.29 is 23.1 Å². The van der Waals surface area contributed by atoms with Gasteiger partial charge in [0.1, 0.15) is 6.04 Å². The fraction of sp³-hybridized carbons (Fsp3) is 0.800. The highest BCUT2D eigenvalue weighted by Gasteiger charge is 2.40. The van der Waals surface area contributed by atoms with Crippen molar-refractivity contribution in [3.05, 3.63) is 0 Å². The number of unbranched alkanes of at least 4 members (excludes halogenated alkanes) is 1. The number of sulfonamides is 1. The second-order valence-electron chi connectivity index (χ2n) is 4.11. The van der Waals surface area contributed by atoms with Crippen molar-refractivity contribution in [1.82, 2.24) is 4.31 Å². The second-order valence-corrected chi connectivity index (χ2v) is 6.07. The van der Waals surface area contributed by atoms with Gasteiger partial charge in [-0.25, -0.2) is 17.5 Å². The molecule has 1 heterocycles. The van der Waals surface area contributed by atoms with Gasteiger partial charge in [-0.1, -0.05) is 13.3 Å². The number of hydrogen-bond acceptors (Lipinski definition) is 4. The molecule has 98 valence electrons. The van der Waals surface area contributed by atoms with Crippen molar-refractivity contribution in [2.45, 2.75) is 45.1 Å². The first kappa shape index (κ1) is 14.0. The number of piperidine rings is 1. The maximum atomic E-state index is 11.9. The molecule has 0 aromatic rings. The van der Waals surface area contributed by atoms with Gasteiger partial charge in [0.15, 0.2) is 0 Å². The van der Waals surface area contributed by atoms with E-state index in [1.165, 1.54) is 0 Å². The monoisotopic (exact) mass is 263 g/mol. The van der Waals surface area contributed by atoms with E-state index in [2.05, 4.69) is 0 Å². The van der Waals surface area contributed by atoms with Crippen molar-refractivity contribution >= 4 is 21.9 Å². The Balaban J connectivity index is 2.96. The van der Waals surface area contributed by atoms with Crippen LogP contribution in [0.25, 0.3) is 0 Å². The number of carboxylic acids is 1. The molecule has 1 amide bonds. The van der Waals surface area contributed by atoms with E-state index in [0.29, 0.717) is 23.6 Å². The quantitative estimate of drug-likeness (QED) is 0.783. The van der Waals surface area contributed by atoms with Gasteiger partial charge in [0.25, 0.3) is 0 Å². The van der Waals surface area contributed by atoms with Crippen LogP contribution in [-0.2, 0) is 19.6 Å². The van der Waals surface area contributed by atoms with E-state index in [4.69, 9.17) is 5.11 Å². The molecule has 0 aliphatic carbocycles. The van der Waals surface area contributed by atoms with Crippen LogP contribution in [-0.4, -0.2) is 41.5 Å². The molecule has 0 aromatic heterocycles. The molecular weight excluding hydrogens is 246 g/mol. The summed E-state index contributed by atoms with van der Waals surface area (Å²) in [4.78, 5) is 22.6. The lowest BCUT2D eigenvalue weighted by atomic mass is 10.0. The van der Waals surface area contributed by atoms with Crippen LogP contribution in [0.2, 0.25) is 0 Å². The third kappa shape index (κ3) is 3.18. The maximum Gasteiger partial charge on any atom is 0.327 e. The van der Waals surface area contributed by atoms with Crippen molar-refractivity contribution in [2.75, 3.05) is 5.75 Å². The standard InChI is InChI=1S/C10H17NO5S/c1-2-3-7-17(15,16)11-8(10(13)14)5-4-6-9(11)12/h8H,2-7H2,1H3,(H,13,14). The molecule has 1 atom stereocenters. The largest absolute Gasteiger partial charge is 0.480 e. The average molecular weight is 263 g/mol. The minimum Gasteiger partial charge on any atom is -0.480 e. The summed E-state index contributed by atoms with van der Waals surface area (Å²) in [6.45, 7) is 1.84. The van der Waals surface area contributed by atoms with Gasteiger partial charge in [-0.3, -0.25) is 4.79 Å². The molecule has 7 heteroatoms. The van der Waals surface area contributed by atoms with E-state index < -0.39 is 27.9 Å². The molecule has 1 aliphatic heterocycles. The summed E-state index contributed by atoms with van der Waals surface area (Å²) in [7, 11) is -3.79. The number of aliphatic carboxylic acids is 1. The lowest BCUT2D eigenvalue weighted by Crippen LogP contribution is -2.51. The van der Waals surface area contributed by atoms with Crippen LogP contribution in [0, 0.1) is 0 Å². The molecule has 17 heavy (non-hydrogen) atoms. The number of nitrogens with zero attached hydrogens (tertiary/aromatic N) is 1. The lowest BCUT2D eigenvalue weighted by molar-refractivity contribution is -0.148. The summed E-state index contributed by atoms with van der Waals surface area (Å²) < 4.78 is 24.4. The van der Waals surface area contributed by atoms with Gasteiger partial charge in [-0.15, -0.1) is 0 Å². The number of amides is 1. The van der Waals surface area contributed by atoms with E-state index in [1.54, 1.807) is 0 Å². The molecule has 1 unspecified atom stereocenters. The van der Waals surface area contributed by atoms with Gasteiger partial charge in [-0.05, 0) is 19.3 Å². The van der Waals surface area contributed by atoms with Gasteiger partial charge < -0.3 is 5.11 Å². The van der Waals surface area contributed by atoms with Gasteiger partial charge in [0, 0.05) is 6.42 Å². The molecule has 0 aromatic carbocycles. The molecule has 1 saturated heterocycles. The normalized spacial score (nSPS) is 21.6. The fourth-order valence-corrected chi connectivity index (χ4v) is 3.68. The Hall–Kier alpha value is -1.11. The minimum atomic E-state index is -3.79. The zero-order valence-corrected chi connectivity index (χ0v) is 10.6. The zero-order valence-electron chi connectivity index (χ0n) is 9.76.